The second kappa shape index (κ2) is 4.84. The van der Waals surface area contributed by atoms with Gasteiger partial charge in [-0.2, -0.15) is 0 Å². The number of hydrogen-bond acceptors (Lipinski definition) is 3. The molecule has 1 N–H and O–H groups in total. The standard InChI is InChI=1S/C9H16NO3/c1-5-9(3,4)13-8(12)10-7(2)6-11/h7H,5H2,1-4H3,(H,10,12). The number of amides is 1. The first-order valence-corrected chi connectivity index (χ1v) is 4.28. The maximum absolute atomic E-state index is 11.1. The van der Waals surface area contributed by atoms with Crippen molar-refractivity contribution in [1.29, 1.82) is 0 Å². The van der Waals surface area contributed by atoms with E-state index in [1.807, 2.05) is 20.8 Å². The predicted octanol–water partition coefficient (Wildman–Crippen LogP) is 1.40. The minimum Gasteiger partial charge on any atom is -0.444 e. The third-order valence-corrected chi connectivity index (χ3v) is 1.73. The van der Waals surface area contributed by atoms with Crippen molar-refractivity contribution in [1.82, 2.24) is 5.32 Å². The van der Waals surface area contributed by atoms with E-state index in [1.54, 1.807) is 6.29 Å². The van der Waals surface area contributed by atoms with Gasteiger partial charge in [0.15, 0.2) is 0 Å². The van der Waals surface area contributed by atoms with Crippen molar-refractivity contribution in [2.75, 3.05) is 0 Å². The smallest absolute Gasteiger partial charge is 0.408 e. The molecule has 4 heteroatoms. The highest BCUT2D eigenvalue weighted by Gasteiger charge is 2.20. The van der Waals surface area contributed by atoms with Crippen LogP contribution in [0.5, 0.6) is 0 Å². The number of nitrogens with one attached hydrogen (secondary N) is 1. The average Bonchev–Trinajstić information content (AvgIpc) is 2.03. The van der Waals surface area contributed by atoms with Gasteiger partial charge in [0.25, 0.3) is 0 Å². The van der Waals surface area contributed by atoms with Gasteiger partial charge >= 0.3 is 6.09 Å². The van der Waals surface area contributed by atoms with Crippen molar-refractivity contribution < 1.29 is 14.3 Å². The predicted molar refractivity (Wildman–Crippen MR) is 49.1 cm³/mol. The summed E-state index contributed by atoms with van der Waals surface area (Å²) in [6, 6.07) is -0.625. The first-order valence-electron chi connectivity index (χ1n) is 4.28. The van der Waals surface area contributed by atoms with Crippen LogP contribution in [0.25, 0.3) is 0 Å². The topological polar surface area (TPSA) is 55.4 Å². The minimum atomic E-state index is -0.625. The van der Waals surface area contributed by atoms with E-state index < -0.39 is 17.7 Å². The summed E-state index contributed by atoms with van der Waals surface area (Å²) in [6.45, 7) is 7.07. The van der Waals surface area contributed by atoms with Gasteiger partial charge in [0.1, 0.15) is 5.60 Å². The summed E-state index contributed by atoms with van der Waals surface area (Å²) in [6.07, 6.45) is 1.78. The van der Waals surface area contributed by atoms with Crippen molar-refractivity contribution in [3.05, 3.63) is 0 Å². The van der Waals surface area contributed by atoms with Crippen LogP contribution in [0.3, 0.4) is 0 Å². The molecular formula is C9H16NO3. The van der Waals surface area contributed by atoms with E-state index in [2.05, 4.69) is 5.32 Å². The quantitative estimate of drug-likeness (QED) is 0.722. The summed E-state index contributed by atoms with van der Waals surface area (Å²) in [5.41, 5.74) is -0.493. The van der Waals surface area contributed by atoms with Crippen LogP contribution in [0.2, 0.25) is 0 Å². The molecule has 0 aliphatic rings. The van der Waals surface area contributed by atoms with Gasteiger partial charge < -0.3 is 10.1 Å². The molecule has 1 unspecified atom stereocenters. The van der Waals surface area contributed by atoms with Crippen LogP contribution in [-0.2, 0) is 9.53 Å². The highest BCUT2D eigenvalue weighted by molar-refractivity contribution is 5.73. The molecule has 0 aromatic carbocycles. The third-order valence-electron chi connectivity index (χ3n) is 1.73. The fourth-order valence-corrected chi connectivity index (χ4v) is 0.559. The number of rotatable bonds is 4. The molecule has 0 aliphatic carbocycles. The summed E-state index contributed by atoms with van der Waals surface area (Å²) >= 11 is 0. The number of alkyl carbamates (subject to hydrolysis) is 1. The van der Waals surface area contributed by atoms with Crippen LogP contribution >= 0.6 is 0 Å². The lowest BCUT2D eigenvalue weighted by Gasteiger charge is -2.23. The Labute approximate surface area is 78.6 Å². The number of carbonyl (C=O) groups excluding carboxylic acids is 2. The molecule has 0 rings (SSSR count). The largest absolute Gasteiger partial charge is 0.444 e. The number of ether oxygens (including phenoxy) is 1. The van der Waals surface area contributed by atoms with Crippen molar-refractivity contribution in [2.24, 2.45) is 0 Å². The molecule has 0 spiro atoms. The van der Waals surface area contributed by atoms with Crippen molar-refractivity contribution in [2.45, 2.75) is 45.8 Å². The Kier molecular flexibility index (Phi) is 4.45. The molecule has 0 fully saturated rings. The first-order chi connectivity index (χ1) is 5.91. The third kappa shape index (κ3) is 5.22. The van der Waals surface area contributed by atoms with E-state index in [9.17, 15) is 9.59 Å². The van der Waals surface area contributed by atoms with Gasteiger partial charge in [-0.15, -0.1) is 0 Å². The first kappa shape index (κ1) is 11.9. The Morgan fingerprint density at radius 3 is 2.54 bits per heavy atom. The normalized spacial score (nSPS) is 13.2. The Morgan fingerprint density at radius 1 is 1.62 bits per heavy atom. The van der Waals surface area contributed by atoms with Gasteiger partial charge in [-0.3, -0.25) is 4.79 Å². The molecule has 75 valence electrons. The Bertz CT molecular complexity index is 189. The fraction of sp³-hybridized carbons (Fsp3) is 0.778. The van der Waals surface area contributed by atoms with Crippen molar-refractivity contribution in [3.63, 3.8) is 0 Å². The van der Waals surface area contributed by atoms with Crippen molar-refractivity contribution in [3.8, 4) is 0 Å². The molecule has 0 heterocycles. The molecule has 1 radical (unpaired) electrons. The number of hydrogen-bond donors (Lipinski definition) is 1. The molecule has 1 amide bonds. The zero-order chi connectivity index (χ0) is 10.5. The Balaban J connectivity index is 3.94. The summed E-state index contributed by atoms with van der Waals surface area (Å²) in [4.78, 5) is 21.2. The Hall–Kier alpha value is -1.06. The van der Waals surface area contributed by atoms with Gasteiger partial charge in [0.05, 0.1) is 6.04 Å². The van der Waals surface area contributed by atoms with Crippen LogP contribution in [0, 0.1) is 0 Å². The zero-order valence-electron chi connectivity index (χ0n) is 8.51. The summed E-state index contributed by atoms with van der Waals surface area (Å²) in [5.74, 6) is 0. The Morgan fingerprint density at radius 2 is 2.15 bits per heavy atom. The van der Waals surface area contributed by atoms with Gasteiger partial charge in [-0.05, 0) is 27.2 Å². The molecule has 1 atom stereocenters. The van der Waals surface area contributed by atoms with Gasteiger partial charge in [-0.25, -0.2) is 4.79 Å². The second-order valence-corrected chi connectivity index (χ2v) is 3.49. The lowest BCUT2D eigenvalue weighted by atomic mass is 10.1. The zero-order valence-corrected chi connectivity index (χ0v) is 8.51. The van der Waals surface area contributed by atoms with E-state index >= 15 is 0 Å². The summed E-state index contributed by atoms with van der Waals surface area (Å²) in [7, 11) is 0. The molecular weight excluding hydrogens is 170 g/mol. The summed E-state index contributed by atoms with van der Waals surface area (Å²) < 4.78 is 5.03. The van der Waals surface area contributed by atoms with Crippen LogP contribution in [-0.4, -0.2) is 24.0 Å². The molecule has 0 saturated heterocycles. The van der Waals surface area contributed by atoms with Crippen LogP contribution < -0.4 is 5.32 Å². The minimum absolute atomic E-state index is 0.493. The molecule has 0 saturated carbocycles. The number of carbonyl (C=O) groups is 1. The second-order valence-electron chi connectivity index (χ2n) is 3.49. The van der Waals surface area contributed by atoms with E-state index in [1.165, 1.54) is 6.92 Å². The molecule has 0 aromatic rings. The fourth-order valence-electron chi connectivity index (χ4n) is 0.559. The van der Waals surface area contributed by atoms with E-state index in [4.69, 9.17) is 4.74 Å². The van der Waals surface area contributed by atoms with Crippen molar-refractivity contribution >= 4 is 12.4 Å². The SMILES string of the molecule is CCC(C)(C)OC(=O)NC(C)[C]=O. The summed E-state index contributed by atoms with van der Waals surface area (Å²) in [5, 5.41) is 2.34. The maximum atomic E-state index is 11.1. The monoisotopic (exact) mass is 186 g/mol. The highest BCUT2D eigenvalue weighted by Crippen LogP contribution is 2.13. The van der Waals surface area contributed by atoms with Gasteiger partial charge in [0, 0.05) is 0 Å². The lowest BCUT2D eigenvalue weighted by Crippen LogP contribution is -2.39. The molecule has 4 nitrogen and oxygen atoms in total. The van der Waals surface area contributed by atoms with Crippen LogP contribution in [0.15, 0.2) is 0 Å². The van der Waals surface area contributed by atoms with E-state index in [0.717, 1.165) is 6.42 Å². The van der Waals surface area contributed by atoms with E-state index in [0.29, 0.717) is 0 Å². The van der Waals surface area contributed by atoms with Gasteiger partial charge in [-0.1, -0.05) is 6.92 Å². The lowest BCUT2D eigenvalue weighted by molar-refractivity contribution is 0.0357. The van der Waals surface area contributed by atoms with E-state index in [-0.39, 0.29) is 0 Å². The van der Waals surface area contributed by atoms with Crippen LogP contribution in [0.4, 0.5) is 4.79 Å². The highest BCUT2D eigenvalue weighted by atomic mass is 16.6. The molecule has 0 bridgehead atoms. The van der Waals surface area contributed by atoms with Gasteiger partial charge in [0.2, 0.25) is 6.29 Å². The maximum Gasteiger partial charge on any atom is 0.408 e. The molecule has 13 heavy (non-hydrogen) atoms. The van der Waals surface area contributed by atoms with Crippen LogP contribution in [0.1, 0.15) is 34.1 Å². The molecule has 0 aliphatic heterocycles. The molecule has 0 aromatic heterocycles. The average molecular weight is 186 g/mol.